The molecule has 1 unspecified atom stereocenters. The molecule has 0 saturated carbocycles. The van der Waals surface area contributed by atoms with Gasteiger partial charge in [-0.1, -0.05) is 17.7 Å². The second-order valence-electron chi connectivity index (χ2n) is 9.92. The first-order valence-electron chi connectivity index (χ1n) is 11.7. The maximum Gasteiger partial charge on any atom is 0.410 e. The smallest absolute Gasteiger partial charge is 0.410 e. The van der Waals surface area contributed by atoms with E-state index < -0.39 is 21.7 Å². The molecule has 0 aliphatic carbocycles. The Morgan fingerprint density at radius 1 is 1.22 bits per heavy atom. The molecule has 11 heteroatoms. The SMILES string of the molecule is CC1c2ccc(N3CC[C@H](NS(=O)(=O)/C=C/c4ccc(Cl)s4)C3=O)cc2CCN1C(=O)OC(C)(C)C. The summed E-state index contributed by atoms with van der Waals surface area (Å²) in [6.07, 6.45) is 2.13. The van der Waals surface area contributed by atoms with E-state index >= 15 is 0 Å². The summed E-state index contributed by atoms with van der Waals surface area (Å²) in [5.41, 5.74) is 2.23. The van der Waals surface area contributed by atoms with Gasteiger partial charge >= 0.3 is 6.09 Å². The molecular formula is C25H30ClN3O5S2. The highest BCUT2D eigenvalue weighted by molar-refractivity contribution is 7.92. The molecule has 3 heterocycles. The Kier molecular flexibility index (Phi) is 7.52. The van der Waals surface area contributed by atoms with Crippen molar-refractivity contribution in [3.8, 4) is 0 Å². The zero-order chi connectivity index (χ0) is 26.3. The van der Waals surface area contributed by atoms with Crippen LogP contribution in [0.25, 0.3) is 6.08 Å². The number of thiophene rings is 1. The lowest BCUT2D eigenvalue weighted by Crippen LogP contribution is -2.42. The van der Waals surface area contributed by atoms with Gasteiger partial charge in [-0.15, -0.1) is 11.3 Å². The van der Waals surface area contributed by atoms with E-state index in [1.54, 1.807) is 21.9 Å². The van der Waals surface area contributed by atoms with Crippen molar-refractivity contribution in [2.75, 3.05) is 18.0 Å². The van der Waals surface area contributed by atoms with Gasteiger partial charge in [0.25, 0.3) is 0 Å². The van der Waals surface area contributed by atoms with Crippen LogP contribution in [0.15, 0.2) is 35.7 Å². The minimum atomic E-state index is -3.81. The van der Waals surface area contributed by atoms with Crippen molar-refractivity contribution in [2.45, 2.75) is 58.2 Å². The Labute approximate surface area is 220 Å². The number of anilines is 1. The van der Waals surface area contributed by atoms with E-state index in [1.165, 1.54) is 17.4 Å². The van der Waals surface area contributed by atoms with Crippen molar-refractivity contribution in [1.82, 2.24) is 9.62 Å². The number of halogens is 1. The van der Waals surface area contributed by atoms with Crippen LogP contribution < -0.4 is 9.62 Å². The second kappa shape index (κ2) is 10.2. The van der Waals surface area contributed by atoms with E-state index in [1.807, 2.05) is 45.9 Å². The number of hydrogen-bond donors (Lipinski definition) is 1. The minimum Gasteiger partial charge on any atom is -0.444 e. The predicted octanol–water partition coefficient (Wildman–Crippen LogP) is 4.95. The summed E-state index contributed by atoms with van der Waals surface area (Å²) < 4.78 is 33.6. The number of nitrogens with zero attached hydrogens (tertiary/aromatic N) is 2. The Hall–Kier alpha value is -2.40. The summed E-state index contributed by atoms with van der Waals surface area (Å²) in [5, 5.41) is 1.06. The first-order chi connectivity index (χ1) is 16.8. The number of benzene rings is 1. The van der Waals surface area contributed by atoms with Crippen LogP contribution in [-0.4, -0.2) is 50.1 Å². The lowest BCUT2D eigenvalue weighted by Gasteiger charge is -2.36. The Morgan fingerprint density at radius 3 is 2.64 bits per heavy atom. The van der Waals surface area contributed by atoms with Crippen molar-refractivity contribution >= 4 is 56.7 Å². The molecule has 0 bridgehead atoms. The number of ether oxygens (including phenoxy) is 1. The van der Waals surface area contributed by atoms with Crippen LogP contribution in [0.3, 0.4) is 0 Å². The standard InChI is InChI=1S/C25H30ClN3O5S2/c1-16-20-7-5-18(15-17(20)9-12-28(16)24(31)34-25(2,3)4)29-13-10-21(23(29)30)27-36(32,33)14-11-19-6-8-22(26)35-19/h5-8,11,14-16,21,27H,9-10,12-13H2,1-4H3/b14-11+/t16?,21-/m0/s1. The van der Waals surface area contributed by atoms with Crippen molar-refractivity contribution in [3.63, 3.8) is 0 Å². The zero-order valence-electron chi connectivity index (χ0n) is 20.7. The summed E-state index contributed by atoms with van der Waals surface area (Å²) in [6.45, 7) is 8.42. The average Bonchev–Trinajstić information content (AvgIpc) is 3.36. The molecule has 2 atom stereocenters. The number of nitrogens with one attached hydrogen (secondary N) is 1. The third-order valence-electron chi connectivity index (χ3n) is 6.12. The fourth-order valence-electron chi connectivity index (χ4n) is 4.41. The van der Waals surface area contributed by atoms with E-state index in [-0.39, 0.29) is 18.0 Å². The summed E-state index contributed by atoms with van der Waals surface area (Å²) in [7, 11) is -3.81. The highest BCUT2D eigenvalue weighted by Gasteiger charge is 2.36. The molecule has 1 fully saturated rings. The van der Waals surface area contributed by atoms with Crippen LogP contribution in [0, 0.1) is 0 Å². The summed E-state index contributed by atoms with van der Waals surface area (Å²) in [5.74, 6) is -0.287. The van der Waals surface area contributed by atoms with Gasteiger partial charge in [-0.2, -0.15) is 4.72 Å². The Morgan fingerprint density at radius 2 is 1.97 bits per heavy atom. The first kappa shape index (κ1) is 26.7. The van der Waals surface area contributed by atoms with Gasteiger partial charge in [0.1, 0.15) is 11.6 Å². The number of hydrogen-bond acceptors (Lipinski definition) is 6. The normalized spacial score (nSPS) is 20.8. The lowest BCUT2D eigenvalue weighted by molar-refractivity contribution is -0.118. The summed E-state index contributed by atoms with van der Waals surface area (Å²) >= 11 is 7.15. The van der Waals surface area contributed by atoms with Gasteiger partial charge in [0.15, 0.2) is 0 Å². The largest absolute Gasteiger partial charge is 0.444 e. The van der Waals surface area contributed by atoms with Crippen LogP contribution in [0.1, 0.15) is 56.2 Å². The van der Waals surface area contributed by atoms with Crippen LogP contribution in [0.5, 0.6) is 0 Å². The number of sulfonamides is 1. The monoisotopic (exact) mass is 551 g/mol. The quantitative estimate of drug-likeness (QED) is 0.567. The summed E-state index contributed by atoms with van der Waals surface area (Å²) in [6, 6.07) is 8.19. The first-order valence-corrected chi connectivity index (χ1v) is 14.5. The molecule has 8 nitrogen and oxygen atoms in total. The van der Waals surface area contributed by atoms with Crippen molar-refractivity contribution < 1.29 is 22.7 Å². The maximum absolute atomic E-state index is 13.1. The van der Waals surface area contributed by atoms with Crippen LogP contribution in [0.2, 0.25) is 4.34 Å². The van der Waals surface area contributed by atoms with E-state index in [4.69, 9.17) is 16.3 Å². The highest BCUT2D eigenvalue weighted by Crippen LogP contribution is 2.34. The molecule has 36 heavy (non-hydrogen) atoms. The van der Waals surface area contributed by atoms with E-state index in [0.29, 0.717) is 35.1 Å². The molecule has 2 aromatic rings. The van der Waals surface area contributed by atoms with Gasteiger partial charge in [-0.25, -0.2) is 13.2 Å². The lowest BCUT2D eigenvalue weighted by atomic mass is 9.93. The molecule has 194 valence electrons. The molecule has 2 aliphatic rings. The van der Waals surface area contributed by atoms with Gasteiger partial charge in [0.2, 0.25) is 15.9 Å². The van der Waals surface area contributed by atoms with Gasteiger partial charge in [-0.05, 0) is 82.0 Å². The fraction of sp³-hybridized carbons (Fsp3) is 0.440. The molecule has 1 aromatic carbocycles. The Bertz CT molecular complexity index is 1300. The van der Waals surface area contributed by atoms with Crippen LogP contribution in [0.4, 0.5) is 10.5 Å². The number of carbonyl (C=O) groups is 2. The molecule has 2 amide bonds. The molecule has 2 aliphatic heterocycles. The van der Waals surface area contributed by atoms with Crippen molar-refractivity contribution in [1.29, 1.82) is 0 Å². The molecule has 1 N–H and O–H groups in total. The van der Waals surface area contributed by atoms with E-state index in [9.17, 15) is 18.0 Å². The molecule has 1 aromatic heterocycles. The van der Waals surface area contributed by atoms with Gasteiger partial charge in [-0.3, -0.25) is 4.79 Å². The van der Waals surface area contributed by atoms with Crippen LogP contribution >= 0.6 is 22.9 Å². The second-order valence-corrected chi connectivity index (χ2v) is 13.3. The van der Waals surface area contributed by atoms with Crippen molar-refractivity contribution in [3.05, 3.63) is 56.1 Å². The van der Waals surface area contributed by atoms with Gasteiger partial charge in [0, 0.05) is 29.1 Å². The maximum atomic E-state index is 13.1. The number of rotatable bonds is 5. The third kappa shape index (κ3) is 6.11. The van der Waals surface area contributed by atoms with E-state index in [2.05, 4.69) is 4.72 Å². The number of amides is 2. The number of fused-ring (bicyclic) bond motifs is 1. The van der Waals surface area contributed by atoms with Gasteiger partial charge < -0.3 is 14.5 Å². The molecule has 4 rings (SSSR count). The highest BCUT2D eigenvalue weighted by atomic mass is 35.5. The van der Waals surface area contributed by atoms with E-state index in [0.717, 1.165) is 22.2 Å². The summed E-state index contributed by atoms with van der Waals surface area (Å²) in [4.78, 5) is 29.7. The molecule has 0 radical (unpaired) electrons. The fourth-order valence-corrected chi connectivity index (χ4v) is 6.48. The molecule has 1 saturated heterocycles. The average molecular weight is 552 g/mol. The van der Waals surface area contributed by atoms with Crippen LogP contribution in [-0.2, 0) is 26.0 Å². The van der Waals surface area contributed by atoms with Crippen molar-refractivity contribution in [2.24, 2.45) is 0 Å². The topological polar surface area (TPSA) is 96.0 Å². The zero-order valence-corrected chi connectivity index (χ0v) is 23.0. The molecule has 0 spiro atoms. The minimum absolute atomic E-state index is 0.156. The molecular weight excluding hydrogens is 522 g/mol. The number of carbonyl (C=O) groups excluding carboxylic acids is 2. The Balaban J connectivity index is 1.43. The predicted molar refractivity (Wildman–Crippen MR) is 143 cm³/mol. The third-order valence-corrected chi connectivity index (χ3v) is 8.43. The van der Waals surface area contributed by atoms with Gasteiger partial charge in [0.05, 0.1) is 10.4 Å².